The van der Waals surface area contributed by atoms with E-state index in [1.54, 1.807) is 12.1 Å². The maximum atomic E-state index is 9.80. The summed E-state index contributed by atoms with van der Waals surface area (Å²) in [5.74, 6) is 0.446. The van der Waals surface area contributed by atoms with Gasteiger partial charge in [0.05, 0.1) is 18.2 Å². The van der Waals surface area contributed by atoms with E-state index in [4.69, 9.17) is 33.7 Å². The second kappa shape index (κ2) is 5.56. The maximum absolute atomic E-state index is 9.80. The first kappa shape index (κ1) is 12.6. The fourth-order valence-electron chi connectivity index (χ4n) is 1.36. The van der Waals surface area contributed by atoms with Crippen molar-refractivity contribution in [1.29, 1.82) is 0 Å². The summed E-state index contributed by atoms with van der Waals surface area (Å²) >= 11 is 11.8. The van der Waals surface area contributed by atoms with E-state index < -0.39 is 6.10 Å². The van der Waals surface area contributed by atoms with Crippen molar-refractivity contribution in [2.45, 2.75) is 12.5 Å². The first-order chi connectivity index (χ1) is 7.10. The van der Waals surface area contributed by atoms with Crippen LogP contribution in [-0.2, 0) is 0 Å². The molecule has 0 spiro atoms. The number of hydrogen-bond acceptors (Lipinski definition) is 3. The molecule has 0 aliphatic rings. The lowest BCUT2D eigenvalue weighted by molar-refractivity contribution is 0.166. The molecule has 0 heterocycles. The van der Waals surface area contributed by atoms with Gasteiger partial charge in [-0.3, -0.25) is 0 Å². The molecule has 3 N–H and O–H groups in total. The number of aliphatic hydroxyl groups excluding tert-OH is 1. The van der Waals surface area contributed by atoms with Crippen LogP contribution in [0.25, 0.3) is 0 Å². The van der Waals surface area contributed by atoms with Gasteiger partial charge < -0.3 is 15.6 Å². The Bertz CT molecular complexity index is 344. The minimum Gasteiger partial charge on any atom is -0.495 e. The number of hydrogen-bond donors (Lipinski definition) is 2. The lowest BCUT2D eigenvalue weighted by Gasteiger charge is -2.15. The molecular weight excluding hydrogens is 237 g/mol. The fourth-order valence-corrected chi connectivity index (χ4v) is 1.94. The largest absolute Gasteiger partial charge is 0.495 e. The van der Waals surface area contributed by atoms with Gasteiger partial charge in [-0.15, -0.1) is 0 Å². The van der Waals surface area contributed by atoms with Gasteiger partial charge >= 0.3 is 0 Å². The van der Waals surface area contributed by atoms with E-state index >= 15 is 0 Å². The molecule has 0 saturated carbocycles. The quantitative estimate of drug-likeness (QED) is 0.862. The average molecular weight is 250 g/mol. The Morgan fingerprint density at radius 2 is 2.13 bits per heavy atom. The summed E-state index contributed by atoms with van der Waals surface area (Å²) in [6, 6.07) is 3.20. The first-order valence-electron chi connectivity index (χ1n) is 4.51. The van der Waals surface area contributed by atoms with Gasteiger partial charge in [0.1, 0.15) is 5.75 Å². The van der Waals surface area contributed by atoms with Crippen molar-refractivity contribution < 1.29 is 9.84 Å². The van der Waals surface area contributed by atoms with E-state index in [1.807, 2.05) is 0 Å². The molecule has 0 aliphatic carbocycles. The van der Waals surface area contributed by atoms with Gasteiger partial charge in [0.25, 0.3) is 0 Å². The minimum atomic E-state index is -0.707. The fraction of sp³-hybridized carbons (Fsp3) is 0.400. The zero-order chi connectivity index (χ0) is 11.4. The van der Waals surface area contributed by atoms with Crippen molar-refractivity contribution in [2.75, 3.05) is 13.7 Å². The molecule has 0 aromatic heterocycles. The van der Waals surface area contributed by atoms with Crippen LogP contribution in [0.1, 0.15) is 18.1 Å². The second-order valence-corrected chi connectivity index (χ2v) is 3.95. The Kier molecular flexibility index (Phi) is 4.67. The van der Waals surface area contributed by atoms with Gasteiger partial charge in [-0.2, -0.15) is 0 Å². The van der Waals surface area contributed by atoms with Gasteiger partial charge in [0.2, 0.25) is 0 Å². The zero-order valence-electron chi connectivity index (χ0n) is 8.34. The summed E-state index contributed by atoms with van der Waals surface area (Å²) in [5.41, 5.74) is 5.94. The van der Waals surface area contributed by atoms with Crippen LogP contribution in [0.5, 0.6) is 5.75 Å². The lowest BCUT2D eigenvalue weighted by Crippen LogP contribution is -2.08. The SMILES string of the molecule is COc1c(Cl)cc(Cl)cc1C(O)CCN. The van der Waals surface area contributed by atoms with E-state index in [-0.39, 0.29) is 0 Å². The van der Waals surface area contributed by atoms with Crippen LogP contribution in [-0.4, -0.2) is 18.8 Å². The Hall–Kier alpha value is -0.480. The molecule has 1 unspecified atom stereocenters. The average Bonchev–Trinajstić information content (AvgIpc) is 2.17. The van der Waals surface area contributed by atoms with E-state index in [1.165, 1.54) is 7.11 Å². The molecule has 84 valence electrons. The Balaban J connectivity index is 3.13. The van der Waals surface area contributed by atoms with Gasteiger partial charge in [-0.1, -0.05) is 23.2 Å². The summed E-state index contributed by atoms with van der Waals surface area (Å²) in [4.78, 5) is 0. The molecule has 0 radical (unpaired) electrons. The number of benzene rings is 1. The van der Waals surface area contributed by atoms with Gasteiger partial charge in [0.15, 0.2) is 0 Å². The van der Waals surface area contributed by atoms with Crippen molar-refractivity contribution in [2.24, 2.45) is 5.73 Å². The highest BCUT2D eigenvalue weighted by molar-refractivity contribution is 6.35. The van der Waals surface area contributed by atoms with E-state index in [2.05, 4.69) is 0 Å². The number of aliphatic hydroxyl groups is 1. The van der Waals surface area contributed by atoms with E-state index in [9.17, 15) is 5.11 Å². The van der Waals surface area contributed by atoms with Gasteiger partial charge in [-0.05, 0) is 25.1 Å². The molecule has 1 aromatic carbocycles. The maximum Gasteiger partial charge on any atom is 0.143 e. The molecule has 0 amide bonds. The smallest absolute Gasteiger partial charge is 0.143 e. The summed E-state index contributed by atoms with van der Waals surface area (Å²) in [6.45, 7) is 0.383. The normalized spacial score (nSPS) is 12.6. The molecule has 3 nitrogen and oxygen atoms in total. The number of halogens is 2. The Morgan fingerprint density at radius 3 is 2.67 bits per heavy atom. The topological polar surface area (TPSA) is 55.5 Å². The molecular formula is C10H13Cl2NO2. The third kappa shape index (κ3) is 2.98. The summed E-state index contributed by atoms with van der Waals surface area (Å²) in [7, 11) is 1.49. The monoisotopic (exact) mass is 249 g/mol. The molecule has 0 saturated heterocycles. The standard InChI is InChI=1S/C10H13Cl2NO2/c1-15-10-7(9(14)2-3-13)4-6(11)5-8(10)12/h4-5,9,14H,2-3,13H2,1H3. The predicted octanol–water partition coefficient (Wildman–Crippen LogP) is 2.38. The third-order valence-corrected chi connectivity index (χ3v) is 2.54. The van der Waals surface area contributed by atoms with Crippen LogP contribution >= 0.6 is 23.2 Å². The van der Waals surface area contributed by atoms with Crippen LogP contribution in [0, 0.1) is 0 Å². The zero-order valence-corrected chi connectivity index (χ0v) is 9.85. The summed E-state index contributed by atoms with van der Waals surface area (Å²) in [5, 5.41) is 10.7. The van der Waals surface area contributed by atoms with Crippen molar-refractivity contribution in [3.05, 3.63) is 27.7 Å². The van der Waals surface area contributed by atoms with Crippen LogP contribution in [0.15, 0.2) is 12.1 Å². The number of methoxy groups -OCH3 is 1. The third-order valence-electron chi connectivity index (χ3n) is 2.04. The molecule has 1 rings (SSSR count). The van der Waals surface area contributed by atoms with E-state index in [0.29, 0.717) is 34.3 Å². The van der Waals surface area contributed by atoms with Gasteiger partial charge in [0, 0.05) is 10.6 Å². The van der Waals surface area contributed by atoms with Crippen LogP contribution < -0.4 is 10.5 Å². The highest BCUT2D eigenvalue weighted by Gasteiger charge is 2.16. The lowest BCUT2D eigenvalue weighted by atomic mass is 10.1. The molecule has 0 aliphatic heterocycles. The highest BCUT2D eigenvalue weighted by atomic mass is 35.5. The number of rotatable bonds is 4. The molecule has 0 fully saturated rings. The Labute approximate surface area is 98.7 Å². The van der Waals surface area contributed by atoms with Crippen LogP contribution in [0.2, 0.25) is 10.0 Å². The molecule has 1 atom stereocenters. The number of ether oxygens (including phenoxy) is 1. The van der Waals surface area contributed by atoms with Crippen molar-refractivity contribution in [1.82, 2.24) is 0 Å². The second-order valence-electron chi connectivity index (χ2n) is 3.10. The van der Waals surface area contributed by atoms with Crippen molar-refractivity contribution in [3.63, 3.8) is 0 Å². The van der Waals surface area contributed by atoms with Gasteiger partial charge in [-0.25, -0.2) is 0 Å². The van der Waals surface area contributed by atoms with Crippen LogP contribution in [0.4, 0.5) is 0 Å². The molecule has 0 bridgehead atoms. The summed E-state index contributed by atoms with van der Waals surface area (Å²) < 4.78 is 5.11. The van der Waals surface area contributed by atoms with E-state index in [0.717, 1.165) is 0 Å². The molecule has 15 heavy (non-hydrogen) atoms. The molecule has 5 heteroatoms. The van der Waals surface area contributed by atoms with Crippen molar-refractivity contribution in [3.8, 4) is 5.75 Å². The highest BCUT2D eigenvalue weighted by Crippen LogP contribution is 2.36. The minimum absolute atomic E-state index is 0.383. The first-order valence-corrected chi connectivity index (χ1v) is 5.26. The van der Waals surface area contributed by atoms with Crippen molar-refractivity contribution >= 4 is 23.2 Å². The predicted molar refractivity (Wildman–Crippen MR) is 61.6 cm³/mol. The Morgan fingerprint density at radius 1 is 1.47 bits per heavy atom. The summed E-state index contributed by atoms with van der Waals surface area (Å²) in [6.07, 6.45) is -0.270. The number of nitrogens with two attached hydrogens (primary N) is 1. The molecule has 1 aromatic rings. The van der Waals surface area contributed by atoms with Crippen LogP contribution in [0.3, 0.4) is 0 Å².